The summed E-state index contributed by atoms with van der Waals surface area (Å²) < 4.78 is 25.0. The van der Waals surface area contributed by atoms with E-state index in [1.54, 1.807) is 13.8 Å². The summed E-state index contributed by atoms with van der Waals surface area (Å²) in [6, 6.07) is 0. The molecule has 2 saturated heterocycles. The lowest BCUT2D eigenvalue weighted by Crippen LogP contribution is -2.45. The van der Waals surface area contributed by atoms with E-state index in [9.17, 15) is 14.7 Å². The zero-order chi connectivity index (χ0) is 15.8. The van der Waals surface area contributed by atoms with Gasteiger partial charge in [0.15, 0.2) is 18.2 Å². The predicted octanol–water partition coefficient (Wildman–Crippen LogP) is -0.0185. The molecule has 10 nitrogen and oxygen atoms in total. The molecule has 3 N–H and O–H groups in total. The Morgan fingerprint density at radius 2 is 1.90 bits per heavy atom. The van der Waals surface area contributed by atoms with Crippen molar-refractivity contribution in [1.29, 1.82) is 0 Å². The van der Waals surface area contributed by atoms with E-state index in [2.05, 4.69) is 9.47 Å². The van der Waals surface area contributed by atoms with Crippen LogP contribution in [0.25, 0.3) is 0 Å². The number of carboxylic acid groups (broad SMARTS) is 2. The Labute approximate surface area is 119 Å². The van der Waals surface area contributed by atoms with Crippen LogP contribution in [0.2, 0.25) is 0 Å². The number of hydrogen-bond acceptors (Lipinski definition) is 8. The van der Waals surface area contributed by atoms with Crippen LogP contribution in [0, 0.1) is 0 Å². The van der Waals surface area contributed by atoms with E-state index < -0.39 is 55.4 Å². The van der Waals surface area contributed by atoms with Crippen LogP contribution in [0.1, 0.15) is 13.8 Å². The summed E-state index contributed by atoms with van der Waals surface area (Å²) in [6.07, 6.45) is -8.72. The molecule has 0 radical (unpaired) electrons. The van der Waals surface area contributed by atoms with Gasteiger partial charge in [0.2, 0.25) is 0 Å². The van der Waals surface area contributed by atoms with Gasteiger partial charge in [-0.05, 0) is 13.8 Å². The number of carbonyl (C=O) groups is 2. The van der Waals surface area contributed by atoms with Crippen LogP contribution in [-0.4, -0.2) is 70.7 Å². The molecule has 0 aromatic heterocycles. The molecular formula is C11H16O10. The summed E-state index contributed by atoms with van der Waals surface area (Å²) in [7, 11) is 0. The first-order chi connectivity index (χ1) is 9.69. The van der Waals surface area contributed by atoms with Crippen molar-refractivity contribution < 1.29 is 48.6 Å². The minimum Gasteiger partial charge on any atom is -0.450 e. The summed E-state index contributed by atoms with van der Waals surface area (Å²) in [4.78, 5) is 21.0. The number of ether oxygens (including phenoxy) is 5. The molecule has 0 saturated carbocycles. The van der Waals surface area contributed by atoms with Crippen LogP contribution in [0.4, 0.5) is 9.59 Å². The van der Waals surface area contributed by atoms with Crippen LogP contribution < -0.4 is 0 Å². The van der Waals surface area contributed by atoms with Gasteiger partial charge in [-0.2, -0.15) is 0 Å². The van der Waals surface area contributed by atoms with E-state index >= 15 is 0 Å². The van der Waals surface area contributed by atoms with Gasteiger partial charge in [-0.3, -0.25) is 0 Å². The van der Waals surface area contributed by atoms with Crippen LogP contribution in [0.15, 0.2) is 0 Å². The third-order valence-electron chi connectivity index (χ3n) is 3.04. The Morgan fingerprint density at radius 3 is 2.43 bits per heavy atom. The van der Waals surface area contributed by atoms with E-state index in [4.69, 9.17) is 24.4 Å². The minimum atomic E-state index is -1.65. The Hall–Kier alpha value is -1.62. The molecule has 0 amide bonds. The first-order valence-corrected chi connectivity index (χ1v) is 6.14. The maximum Gasteiger partial charge on any atom is 0.506 e. The SMILES string of the molecule is CC1(C)O[C@@H]2O[C@H]([C@H](COC(=O)O)OC(=O)O)[C@H](O)[C@@H]2O1. The Balaban J connectivity index is 2.04. The molecule has 2 aliphatic heterocycles. The second kappa shape index (κ2) is 5.64. The average molecular weight is 308 g/mol. The van der Waals surface area contributed by atoms with Crippen molar-refractivity contribution >= 4 is 12.3 Å². The molecule has 120 valence electrons. The molecular weight excluding hydrogens is 292 g/mol. The highest BCUT2D eigenvalue weighted by Gasteiger charge is 2.57. The van der Waals surface area contributed by atoms with Crippen molar-refractivity contribution in [2.45, 2.75) is 50.3 Å². The third-order valence-corrected chi connectivity index (χ3v) is 3.04. The van der Waals surface area contributed by atoms with Gasteiger partial charge in [0.25, 0.3) is 0 Å². The lowest BCUT2D eigenvalue weighted by Gasteiger charge is -2.27. The maximum atomic E-state index is 10.6. The monoisotopic (exact) mass is 308 g/mol. The summed E-state index contributed by atoms with van der Waals surface area (Å²) in [5.41, 5.74) is 0. The van der Waals surface area contributed by atoms with Gasteiger partial charge in [-0.25, -0.2) is 9.59 Å². The van der Waals surface area contributed by atoms with E-state index in [0.29, 0.717) is 0 Å². The lowest BCUT2D eigenvalue weighted by atomic mass is 10.1. The molecule has 0 aliphatic carbocycles. The second-order valence-corrected chi connectivity index (χ2v) is 5.06. The zero-order valence-corrected chi connectivity index (χ0v) is 11.3. The molecule has 0 spiro atoms. The Bertz CT molecular complexity index is 421. The highest BCUT2D eigenvalue weighted by atomic mass is 16.8. The largest absolute Gasteiger partial charge is 0.506 e. The molecule has 0 bridgehead atoms. The number of hydrogen-bond donors (Lipinski definition) is 3. The quantitative estimate of drug-likeness (QED) is 0.606. The molecule has 2 heterocycles. The molecule has 0 unspecified atom stereocenters. The zero-order valence-electron chi connectivity index (χ0n) is 11.3. The molecule has 10 heteroatoms. The fourth-order valence-electron chi connectivity index (χ4n) is 2.30. The summed E-state index contributed by atoms with van der Waals surface area (Å²) in [5.74, 6) is -0.942. The van der Waals surface area contributed by atoms with Crippen LogP contribution in [-0.2, 0) is 23.7 Å². The van der Waals surface area contributed by atoms with Gasteiger partial charge in [-0.15, -0.1) is 0 Å². The van der Waals surface area contributed by atoms with Gasteiger partial charge in [0.1, 0.15) is 24.9 Å². The average Bonchev–Trinajstić information content (AvgIpc) is 2.78. The van der Waals surface area contributed by atoms with Crippen molar-refractivity contribution in [1.82, 2.24) is 0 Å². The smallest absolute Gasteiger partial charge is 0.450 e. The molecule has 5 atom stereocenters. The summed E-state index contributed by atoms with van der Waals surface area (Å²) in [5, 5.41) is 27.2. The van der Waals surface area contributed by atoms with E-state index in [1.807, 2.05) is 0 Å². The standard InChI is InChI=1S/C11H16O10/c1-11(2)20-7-5(12)6(19-8(7)21-11)4(18-10(15)16)3-17-9(13)14/h4-8,12H,3H2,1-2H3,(H,13,14)(H,15,16)/t4-,5-,6+,7-,8-/m0/s1. The maximum absolute atomic E-state index is 10.6. The van der Waals surface area contributed by atoms with Gasteiger partial charge < -0.3 is 39.0 Å². The van der Waals surface area contributed by atoms with Crippen molar-refractivity contribution in [2.75, 3.05) is 6.61 Å². The topological polar surface area (TPSA) is 141 Å². The Morgan fingerprint density at radius 1 is 1.24 bits per heavy atom. The first kappa shape index (κ1) is 15.8. The van der Waals surface area contributed by atoms with Crippen LogP contribution in [0.5, 0.6) is 0 Å². The molecule has 0 aromatic rings. The van der Waals surface area contributed by atoms with Crippen molar-refractivity contribution in [2.24, 2.45) is 0 Å². The first-order valence-electron chi connectivity index (χ1n) is 6.14. The molecule has 0 aromatic carbocycles. The minimum absolute atomic E-state index is 0.619. The molecule has 21 heavy (non-hydrogen) atoms. The third kappa shape index (κ3) is 3.53. The highest BCUT2D eigenvalue weighted by Crippen LogP contribution is 2.38. The van der Waals surface area contributed by atoms with Crippen molar-refractivity contribution in [3.8, 4) is 0 Å². The van der Waals surface area contributed by atoms with Crippen molar-refractivity contribution in [3.63, 3.8) is 0 Å². The van der Waals surface area contributed by atoms with Gasteiger partial charge >= 0.3 is 12.3 Å². The lowest BCUT2D eigenvalue weighted by molar-refractivity contribution is -0.228. The molecule has 2 fully saturated rings. The van der Waals surface area contributed by atoms with Gasteiger partial charge in [0.05, 0.1) is 0 Å². The van der Waals surface area contributed by atoms with Crippen LogP contribution in [0.3, 0.4) is 0 Å². The normalized spacial score (nSPS) is 35.0. The Kier molecular flexibility index (Phi) is 4.23. The highest BCUT2D eigenvalue weighted by molar-refractivity contribution is 5.58. The van der Waals surface area contributed by atoms with Gasteiger partial charge in [-0.1, -0.05) is 0 Å². The summed E-state index contributed by atoms with van der Waals surface area (Å²) in [6.45, 7) is 2.65. The number of fused-ring (bicyclic) bond motifs is 1. The van der Waals surface area contributed by atoms with E-state index in [-0.39, 0.29) is 0 Å². The number of aliphatic hydroxyl groups is 1. The molecule has 2 rings (SSSR count). The van der Waals surface area contributed by atoms with Gasteiger partial charge in [0, 0.05) is 0 Å². The fraction of sp³-hybridized carbons (Fsp3) is 0.818. The predicted molar refractivity (Wildman–Crippen MR) is 61.6 cm³/mol. The van der Waals surface area contributed by atoms with Crippen LogP contribution >= 0.6 is 0 Å². The second-order valence-electron chi connectivity index (χ2n) is 5.06. The van der Waals surface area contributed by atoms with E-state index in [1.165, 1.54) is 0 Å². The van der Waals surface area contributed by atoms with Crippen molar-refractivity contribution in [3.05, 3.63) is 0 Å². The van der Waals surface area contributed by atoms with E-state index in [0.717, 1.165) is 0 Å². The fourth-order valence-corrected chi connectivity index (χ4v) is 2.30. The molecule has 2 aliphatic rings. The number of aliphatic hydroxyl groups excluding tert-OH is 1. The summed E-state index contributed by atoms with van der Waals surface area (Å²) >= 11 is 0. The number of rotatable bonds is 4.